The Hall–Kier alpha value is -2.83. The van der Waals surface area contributed by atoms with E-state index in [2.05, 4.69) is 10.3 Å². The lowest BCUT2D eigenvalue weighted by Crippen LogP contribution is -2.19. The van der Waals surface area contributed by atoms with Crippen molar-refractivity contribution in [1.82, 2.24) is 4.98 Å². The molecule has 1 atom stereocenters. The molecule has 21 heavy (non-hydrogen) atoms. The number of halogens is 1. The normalized spacial score (nSPS) is 11.7. The zero-order valence-electron chi connectivity index (χ0n) is 11.1. The van der Waals surface area contributed by atoms with Crippen LogP contribution in [0.5, 0.6) is 0 Å². The van der Waals surface area contributed by atoms with Crippen LogP contribution in [0.4, 0.5) is 15.9 Å². The van der Waals surface area contributed by atoms with E-state index in [1.165, 1.54) is 36.4 Å². The van der Waals surface area contributed by atoms with Gasteiger partial charge in [-0.3, -0.25) is 14.9 Å². The molecule has 7 heteroatoms. The van der Waals surface area contributed by atoms with Gasteiger partial charge >= 0.3 is 0 Å². The molecule has 2 aromatic rings. The molecule has 1 aromatic heterocycles. The van der Waals surface area contributed by atoms with Gasteiger partial charge in [-0.1, -0.05) is 18.2 Å². The first-order valence-corrected chi connectivity index (χ1v) is 6.15. The lowest BCUT2D eigenvalue weighted by molar-refractivity contribution is -0.384. The number of amides is 1. The van der Waals surface area contributed by atoms with Crippen molar-refractivity contribution in [1.29, 1.82) is 0 Å². The number of benzene rings is 1. The molecular formula is C14H12FN3O3. The molecule has 0 aliphatic carbocycles. The molecule has 0 saturated heterocycles. The lowest BCUT2D eigenvalue weighted by atomic mass is 10.00. The van der Waals surface area contributed by atoms with Gasteiger partial charge < -0.3 is 5.32 Å². The van der Waals surface area contributed by atoms with Gasteiger partial charge in [0.15, 0.2) is 0 Å². The Balaban J connectivity index is 2.15. The summed E-state index contributed by atoms with van der Waals surface area (Å²) in [5, 5.41) is 13.2. The molecule has 0 aliphatic heterocycles. The highest BCUT2D eigenvalue weighted by molar-refractivity contribution is 5.94. The first-order chi connectivity index (χ1) is 9.97. The summed E-state index contributed by atoms with van der Waals surface area (Å²) in [6.07, 6.45) is 0. The summed E-state index contributed by atoms with van der Waals surface area (Å²) in [6.45, 7) is 1.60. The third-order valence-corrected chi connectivity index (χ3v) is 2.94. The van der Waals surface area contributed by atoms with Crippen LogP contribution >= 0.6 is 0 Å². The van der Waals surface area contributed by atoms with Gasteiger partial charge in [0, 0.05) is 12.1 Å². The van der Waals surface area contributed by atoms with Gasteiger partial charge in [-0.15, -0.1) is 0 Å². The average molecular weight is 289 g/mol. The maximum atomic E-state index is 12.9. The maximum absolute atomic E-state index is 12.9. The number of carbonyl (C=O) groups is 1. The van der Waals surface area contributed by atoms with Crippen LogP contribution < -0.4 is 5.32 Å². The van der Waals surface area contributed by atoms with E-state index >= 15 is 0 Å². The van der Waals surface area contributed by atoms with Crippen LogP contribution in [-0.2, 0) is 4.79 Å². The van der Waals surface area contributed by atoms with Crippen LogP contribution in [0, 0.1) is 16.1 Å². The van der Waals surface area contributed by atoms with Crippen LogP contribution in [-0.4, -0.2) is 15.8 Å². The predicted octanol–water partition coefficient (Wildman–Crippen LogP) is 2.87. The fourth-order valence-corrected chi connectivity index (χ4v) is 1.77. The zero-order valence-corrected chi connectivity index (χ0v) is 11.1. The van der Waals surface area contributed by atoms with Gasteiger partial charge in [0.25, 0.3) is 5.69 Å². The van der Waals surface area contributed by atoms with Crippen LogP contribution in [0.1, 0.15) is 18.4 Å². The maximum Gasteiger partial charge on any atom is 0.269 e. The number of pyridine rings is 1. The Morgan fingerprint density at radius 2 is 2.05 bits per heavy atom. The van der Waals surface area contributed by atoms with E-state index in [0.717, 1.165) is 0 Å². The SMILES string of the molecule is CC(C(=O)Nc1cccc(F)n1)c1cccc([N+](=O)[O-])c1. The number of rotatable bonds is 4. The fourth-order valence-electron chi connectivity index (χ4n) is 1.77. The largest absolute Gasteiger partial charge is 0.310 e. The Morgan fingerprint density at radius 3 is 2.71 bits per heavy atom. The summed E-state index contributed by atoms with van der Waals surface area (Å²) in [7, 11) is 0. The van der Waals surface area contributed by atoms with E-state index in [9.17, 15) is 19.3 Å². The summed E-state index contributed by atoms with van der Waals surface area (Å²) in [4.78, 5) is 25.8. The first-order valence-electron chi connectivity index (χ1n) is 6.15. The van der Waals surface area contributed by atoms with E-state index in [-0.39, 0.29) is 11.5 Å². The number of non-ortho nitro benzene ring substituents is 1. The Labute approximate surface area is 119 Å². The molecule has 0 spiro atoms. The molecule has 6 nitrogen and oxygen atoms in total. The second-order valence-corrected chi connectivity index (χ2v) is 4.41. The van der Waals surface area contributed by atoms with Crippen LogP contribution in [0.3, 0.4) is 0 Å². The minimum atomic E-state index is -0.698. The summed E-state index contributed by atoms with van der Waals surface area (Å²) in [5.41, 5.74) is 0.411. The highest BCUT2D eigenvalue weighted by Gasteiger charge is 2.18. The molecule has 0 saturated carbocycles. The minimum Gasteiger partial charge on any atom is -0.310 e. The van der Waals surface area contributed by atoms with Crippen LogP contribution in [0.25, 0.3) is 0 Å². The summed E-state index contributed by atoms with van der Waals surface area (Å²) < 4.78 is 12.9. The van der Waals surface area contributed by atoms with Gasteiger partial charge in [0.05, 0.1) is 10.8 Å². The van der Waals surface area contributed by atoms with Crippen molar-refractivity contribution < 1.29 is 14.1 Å². The third kappa shape index (κ3) is 3.59. The molecule has 0 radical (unpaired) electrons. The molecular weight excluding hydrogens is 277 g/mol. The highest BCUT2D eigenvalue weighted by Crippen LogP contribution is 2.21. The number of hydrogen-bond acceptors (Lipinski definition) is 4. The monoisotopic (exact) mass is 289 g/mol. The standard InChI is InChI=1S/C14H12FN3O3/c1-9(10-4-2-5-11(8-10)18(20)21)14(19)17-13-7-3-6-12(15)16-13/h2-9H,1H3,(H,16,17,19). The smallest absolute Gasteiger partial charge is 0.269 e. The third-order valence-electron chi connectivity index (χ3n) is 2.94. The number of aromatic nitrogens is 1. The lowest BCUT2D eigenvalue weighted by Gasteiger charge is -2.12. The van der Waals surface area contributed by atoms with Crippen molar-refractivity contribution in [2.45, 2.75) is 12.8 Å². The Morgan fingerprint density at radius 1 is 1.33 bits per heavy atom. The molecule has 1 amide bonds. The first kappa shape index (κ1) is 14.6. The molecule has 1 unspecified atom stereocenters. The van der Waals surface area contributed by atoms with Crippen LogP contribution in [0.15, 0.2) is 42.5 Å². The quantitative estimate of drug-likeness (QED) is 0.532. The Bertz CT molecular complexity index is 691. The average Bonchev–Trinajstić information content (AvgIpc) is 2.46. The fraction of sp³-hybridized carbons (Fsp3) is 0.143. The summed E-state index contributed by atoms with van der Waals surface area (Å²) in [6, 6.07) is 9.87. The molecule has 1 aromatic carbocycles. The van der Waals surface area contributed by atoms with Crippen molar-refractivity contribution in [2.24, 2.45) is 0 Å². The van der Waals surface area contributed by atoms with E-state index in [4.69, 9.17) is 0 Å². The van der Waals surface area contributed by atoms with E-state index in [0.29, 0.717) is 5.56 Å². The molecule has 1 heterocycles. The van der Waals surface area contributed by atoms with E-state index in [1.807, 2.05) is 0 Å². The number of nitro groups is 1. The van der Waals surface area contributed by atoms with Gasteiger partial charge in [-0.2, -0.15) is 4.39 Å². The van der Waals surface area contributed by atoms with Crippen LogP contribution in [0.2, 0.25) is 0 Å². The highest BCUT2D eigenvalue weighted by atomic mass is 19.1. The Kier molecular flexibility index (Phi) is 4.22. The van der Waals surface area contributed by atoms with Gasteiger partial charge in [-0.25, -0.2) is 4.98 Å². The number of hydrogen-bond donors (Lipinski definition) is 1. The van der Waals surface area contributed by atoms with Gasteiger partial charge in [-0.05, 0) is 24.6 Å². The number of carbonyl (C=O) groups excluding carboxylic acids is 1. The summed E-state index contributed by atoms with van der Waals surface area (Å²) >= 11 is 0. The van der Waals surface area contributed by atoms with Crippen molar-refractivity contribution in [3.63, 3.8) is 0 Å². The molecule has 1 N–H and O–H groups in total. The summed E-state index contributed by atoms with van der Waals surface area (Å²) in [5.74, 6) is -1.66. The molecule has 0 aliphatic rings. The number of nitrogens with zero attached hydrogens (tertiary/aromatic N) is 2. The number of nitrogens with one attached hydrogen (secondary N) is 1. The molecule has 0 fully saturated rings. The van der Waals surface area contributed by atoms with E-state index < -0.39 is 22.7 Å². The van der Waals surface area contributed by atoms with Gasteiger partial charge in [0.2, 0.25) is 11.9 Å². The minimum absolute atomic E-state index is 0.0870. The van der Waals surface area contributed by atoms with Crippen molar-refractivity contribution in [2.75, 3.05) is 5.32 Å². The second-order valence-electron chi connectivity index (χ2n) is 4.41. The molecule has 0 bridgehead atoms. The number of nitro benzene ring substituents is 1. The zero-order chi connectivity index (χ0) is 15.4. The van der Waals surface area contributed by atoms with Gasteiger partial charge in [0.1, 0.15) is 5.82 Å². The van der Waals surface area contributed by atoms with Crippen molar-refractivity contribution in [3.8, 4) is 0 Å². The van der Waals surface area contributed by atoms with Crippen molar-refractivity contribution >= 4 is 17.4 Å². The van der Waals surface area contributed by atoms with Crippen molar-refractivity contribution in [3.05, 3.63) is 64.1 Å². The number of anilines is 1. The molecule has 2 rings (SSSR count). The predicted molar refractivity (Wildman–Crippen MR) is 74.3 cm³/mol. The van der Waals surface area contributed by atoms with E-state index in [1.54, 1.807) is 13.0 Å². The molecule has 108 valence electrons. The second kappa shape index (κ2) is 6.08. The topological polar surface area (TPSA) is 85.1 Å².